The molecule has 1 aromatic heterocycles. The van der Waals surface area contributed by atoms with Gasteiger partial charge in [-0.3, -0.25) is 14.9 Å². The molecule has 5 rings (SSSR count). The van der Waals surface area contributed by atoms with Gasteiger partial charge in [-0.2, -0.15) is 0 Å². The Bertz CT molecular complexity index is 1260. The second kappa shape index (κ2) is 9.50. The highest BCUT2D eigenvalue weighted by molar-refractivity contribution is 7.17. The Labute approximate surface area is 206 Å². The number of carboxylic acid groups (broad SMARTS) is 1. The number of fused-ring (bicyclic) bond motifs is 3. The Balaban J connectivity index is 1.24. The zero-order valence-electron chi connectivity index (χ0n) is 19.2. The SMILES string of the molecule is Cc1nc(NC(=O)OCC2c3ccccc3-c3ccccc32)sc1C(=O)N1CCC[C@H]1CC(=O)O. The van der Waals surface area contributed by atoms with Gasteiger partial charge >= 0.3 is 12.1 Å². The van der Waals surface area contributed by atoms with E-state index in [9.17, 15) is 14.4 Å². The quantitative estimate of drug-likeness (QED) is 0.508. The van der Waals surface area contributed by atoms with Crippen molar-refractivity contribution >= 4 is 34.4 Å². The number of ether oxygens (including phenoxy) is 1. The highest BCUT2D eigenvalue weighted by Gasteiger charge is 2.33. The third-order valence-electron chi connectivity index (χ3n) is 6.59. The molecule has 1 atom stereocenters. The maximum atomic E-state index is 13.1. The van der Waals surface area contributed by atoms with E-state index in [1.807, 2.05) is 24.3 Å². The van der Waals surface area contributed by atoms with E-state index in [1.165, 1.54) is 0 Å². The van der Waals surface area contributed by atoms with Crippen LogP contribution in [0.25, 0.3) is 11.1 Å². The van der Waals surface area contributed by atoms with Crippen molar-refractivity contribution in [1.29, 1.82) is 0 Å². The maximum absolute atomic E-state index is 13.1. The molecule has 1 fully saturated rings. The van der Waals surface area contributed by atoms with Crippen LogP contribution in [0.15, 0.2) is 48.5 Å². The summed E-state index contributed by atoms with van der Waals surface area (Å²) in [6.07, 6.45) is 0.728. The van der Waals surface area contributed by atoms with Crippen molar-refractivity contribution < 1.29 is 24.2 Å². The molecule has 2 aromatic carbocycles. The summed E-state index contributed by atoms with van der Waals surface area (Å²) in [4.78, 5) is 43.1. The van der Waals surface area contributed by atoms with Gasteiger partial charge < -0.3 is 14.7 Å². The van der Waals surface area contributed by atoms with E-state index >= 15 is 0 Å². The van der Waals surface area contributed by atoms with Gasteiger partial charge in [0, 0.05) is 18.5 Å². The van der Waals surface area contributed by atoms with Gasteiger partial charge in [0.05, 0.1) is 12.1 Å². The number of amides is 2. The number of benzene rings is 2. The van der Waals surface area contributed by atoms with Crippen molar-refractivity contribution in [1.82, 2.24) is 9.88 Å². The Morgan fingerprint density at radius 2 is 1.77 bits per heavy atom. The van der Waals surface area contributed by atoms with Gasteiger partial charge in [-0.15, -0.1) is 0 Å². The third kappa shape index (κ3) is 4.51. The van der Waals surface area contributed by atoms with Crippen LogP contribution in [0.4, 0.5) is 9.93 Å². The molecule has 0 spiro atoms. The highest BCUT2D eigenvalue weighted by Crippen LogP contribution is 2.44. The van der Waals surface area contributed by atoms with Crippen LogP contribution in [0, 0.1) is 6.92 Å². The summed E-state index contributed by atoms with van der Waals surface area (Å²) in [5, 5.41) is 12.1. The number of thiazole rings is 1. The first-order chi connectivity index (χ1) is 16.9. The minimum atomic E-state index is -0.923. The zero-order valence-corrected chi connectivity index (χ0v) is 20.0. The number of nitrogens with zero attached hydrogens (tertiary/aromatic N) is 2. The number of likely N-dealkylation sites (tertiary alicyclic amines) is 1. The number of carbonyl (C=O) groups is 3. The number of hydrogen-bond donors (Lipinski definition) is 2. The minimum Gasteiger partial charge on any atom is -0.481 e. The van der Waals surface area contributed by atoms with E-state index in [1.54, 1.807) is 11.8 Å². The first kappa shape index (κ1) is 23.0. The molecular formula is C26H25N3O5S. The summed E-state index contributed by atoms with van der Waals surface area (Å²) in [5.41, 5.74) is 5.05. The second-order valence-corrected chi connectivity index (χ2v) is 9.78. The Morgan fingerprint density at radius 3 is 2.43 bits per heavy atom. The minimum absolute atomic E-state index is 0.0512. The summed E-state index contributed by atoms with van der Waals surface area (Å²) in [6, 6.07) is 15.9. The highest BCUT2D eigenvalue weighted by atomic mass is 32.1. The first-order valence-electron chi connectivity index (χ1n) is 11.5. The van der Waals surface area contributed by atoms with Crippen molar-refractivity contribution in [2.75, 3.05) is 18.5 Å². The molecule has 2 N–H and O–H groups in total. The van der Waals surface area contributed by atoms with Crippen LogP contribution in [0.5, 0.6) is 0 Å². The van der Waals surface area contributed by atoms with Crippen LogP contribution < -0.4 is 5.32 Å². The van der Waals surface area contributed by atoms with Crippen LogP contribution in [0.2, 0.25) is 0 Å². The van der Waals surface area contributed by atoms with Gasteiger partial charge in [-0.05, 0) is 42.0 Å². The van der Waals surface area contributed by atoms with Crippen LogP contribution in [0.1, 0.15) is 51.7 Å². The topological polar surface area (TPSA) is 109 Å². The fraction of sp³-hybridized carbons (Fsp3) is 0.308. The molecule has 2 heterocycles. The lowest BCUT2D eigenvalue weighted by atomic mass is 9.98. The standard InChI is InChI=1S/C26H25N3O5S/c1-15-23(24(32)29-12-6-7-16(29)13-22(30)31)35-25(27-15)28-26(33)34-14-21-19-10-4-2-8-17(19)18-9-3-5-11-20(18)21/h2-5,8-11,16,21H,6-7,12-14H2,1H3,(H,30,31)(H,27,28,33)/t16-/m0/s1. The van der Waals surface area contributed by atoms with Crippen LogP contribution >= 0.6 is 11.3 Å². The zero-order chi connectivity index (χ0) is 24.5. The number of anilines is 1. The molecular weight excluding hydrogens is 466 g/mol. The Kier molecular flexibility index (Phi) is 6.25. The predicted molar refractivity (Wildman–Crippen MR) is 132 cm³/mol. The molecule has 3 aromatic rings. The van der Waals surface area contributed by atoms with Gasteiger partial charge in [0.1, 0.15) is 11.5 Å². The molecule has 1 aliphatic heterocycles. The van der Waals surface area contributed by atoms with E-state index in [4.69, 9.17) is 9.84 Å². The van der Waals surface area contributed by atoms with Gasteiger partial charge in [-0.25, -0.2) is 9.78 Å². The van der Waals surface area contributed by atoms with E-state index in [0.29, 0.717) is 23.5 Å². The lowest BCUT2D eigenvalue weighted by Gasteiger charge is -2.22. The number of rotatable bonds is 6. The summed E-state index contributed by atoms with van der Waals surface area (Å²) >= 11 is 1.08. The molecule has 0 saturated carbocycles. The normalized spacial score (nSPS) is 16.6. The number of nitrogens with one attached hydrogen (secondary N) is 1. The lowest BCUT2D eigenvalue weighted by molar-refractivity contribution is -0.137. The predicted octanol–water partition coefficient (Wildman–Crippen LogP) is 4.89. The van der Waals surface area contributed by atoms with Crippen molar-refractivity contribution in [3.8, 4) is 11.1 Å². The van der Waals surface area contributed by atoms with Crippen molar-refractivity contribution in [2.24, 2.45) is 0 Å². The number of aryl methyl sites for hydroxylation is 1. The van der Waals surface area contributed by atoms with Crippen molar-refractivity contribution in [2.45, 2.75) is 38.1 Å². The molecule has 0 radical (unpaired) electrons. The molecule has 0 bridgehead atoms. The summed E-state index contributed by atoms with van der Waals surface area (Å²) in [5.74, 6) is -1.22. The third-order valence-corrected chi connectivity index (χ3v) is 7.65. The number of aliphatic carboxylic acids is 1. The summed E-state index contributed by atoms with van der Waals surface area (Å²) in [7, 11) is 0. The van der Waals surface area contributed by atoms with Crippen LogP contribution in [-0.4, -0.2) is 52.2 Å². The molecule has 2 aliphatic rings. The van der Waals surface area contributed by atoms with Crippen molar-refractivity contribution in [3.05, 3.63) is 70.2 Å². The Morgan fingerprint density at radius 1 is 1.11 bits per heavy atom. The average molecular weight is 492 g/mol. The molecule has 9 heteroatoms. The molecule has 0 unspecified atom stereocenters. The van der Waals surface area contributed by atoms with E-state index < -0.39 is 12.1 Å². The molecule has 1 saturated heterocycles. The number of carbonyl (C=O) groups excluding carboxylic acids is 2. The fourth-order valence-electron chi connectivity index (χ4n) is 5.02. The lowest BCUT2D eigenvalue weighted by Crippen LogP contribution is -2.36. The van der Waals surface area contributed by atoms with Crippen molar-refractivity contribution in [3.63, 3.8) is 0 Å². The average Bonchev–Trinajstić information content (AvgIpc) is 3.53. The molecule has 180 valence electrons. The van der Waals surface area contributed by atoms with Crippen LogP contribution in [0.3, 0.4) is 0 Å². The van der Waals surface area contributed by atoms with Crippen LogP contribution in [-0.2, 0) is 9.53 Å². The van der Waals surface area contributed by atoms with Gasteiger partial charge in [0.15, 0.2) is 5.13 Å². The van der Waals surface area contributed by atoms with E-state index in [0.717, 1.165) is 40.0 Å². The van der Waals surface area contributed by atoms with E-state index in [-0.39, 0.29) is 36.0 Å². The first-order valence-corrected chi connectivity index (χ1v) is 12.4. The maximum Gasteiger partial charge on any atom is 0.413 e. The summed E-state index contributed by atoms with van der Waals surface area (Å²) < 4.78 is 5.57. The number of hydrogen-bond acceptors (Lipinski definition) is 6. The molecule has 35 heavy (non-hydrogen) atoms. The molecule has 1 aliphatic carbocycles. The van der Waals surface area contributed by atoms with E-state index in [2.05, 4.69) is 34.6 Å². The summed E-state index contributed by atoms with van der Waals surface area (Å²) in [6.45, 7) is 2.40. The molecule has 8 nitrogen and oxygen atoms in total. The largest absolute Gasteiger partial charge is 0.481 e. The van der Waals surface area contributed by atoms with Gasteiger partial charge in [0.25, 0.3) is 5.91 Å². The van der Waals surface area contributed by atoms with Gasteiger partial charge in [-0.1, -0.05) is 59.9 Å². The number of carboxylic acids is 1. The van der Waals surface area contributed by atoms with Gasteiger partial charge in [0.2, 0.25) is 0 Å². The monoisotopic (exact) mass is 491 g/mol. The second-order valence-electron chi connectivity index (χ2n) is 8.78. The fourth-order valence-corrected chi connectivity index (χ4v) is 5.93. The smallest absolute Gasteiger partial charge is 0.413 e. The Hall–Kier alpha value is -3.72. The molecule has 2 amide bonds. The number of aromatic nitrogens is 1.